The van der Waals surface area contributed by atoms with E-state index in [1.807, 2.05) is 4.90 Å². The van der Waals surface area contributed by atoms with Crippen LogP contribution >= 0.6 is 0 Å². The highest BCUT2D eigenvalue weighted by Gasteiger charge is 2.27. The Kier molecular flexibility index (Phi) is 5.41. The highest BCUT2D eigenvalue weighted by atomic mass is 16.5. The molecule has 5 heteroatoms. The van der Waals surface area contributed by atoms with Crippen LogP contribution < -0.4 is 0 Å². The van der Waals surface area contributed by atoms with Crippen molar-refractivity contribution in [3.63, 3.8) is 0 Å². The Morgan fingerprint density at radius 2 is 2.00 bits per heavy atom. The van der Waals surface area contributed by atoms with Gasteiger partial charge in [-0.25, -0.2) is 0 Å². The van der Waals surface area contributed by atoms with E-state index in [2.05, 4.69) is 4.74 Å². The Bertz CT molecular complexity index is 274. The number of carbonyl (C=O) groups is 2. The molecule has 1 aliphatic carbocycles. The molecule has 0 spiro atoms. The average molecular weight is 243 g/mol. The number of ether oxygens (including phenoxy) is 1. The summed E-state index contributed by atoms with van der Waals surface area (Å²) in [5, 5.41) is 8.92. The Hall–Kier alpha value is -1.10. The summed E-state index contributed by atoms with van der Waals surface area (Å²) >= 11 is 0. The van der Waals surface area contributed by atoms with E-state index in [0.717, 1.165) is 25.7 Å². The van der Waals surface area contributed by atoms with E-state index >= 15 is 0 Å². The molecule has 98 valence electrons. The Balaban J connectivity index is 2.57. The summed E-state index contributed by atoms with van der Waals surface area (Å²) in [5.74, 6) is -1.58. The summed E-state index contributed by atoms with van der Waals surface area (Å²) in [6.07, 6.45) is 4.40. The molecular weight excluding hydrogens is 222 g/mol. The summed E-state index contributed by atoms with van der Waals surface area (Å²) < 4.78 is 4.65. The van der Waals surface area contributed by atoms with Crippen molar-refractivity contribution in [3.05, 3.63) is 0 Å². The Morgan fingerprint density at radius 3 is 2.47 bits per heavy atom. The Morgan fingerprint density at radius 1 is 1.41 bits per heavy atom. The quantitative estimate of drug-likeness (QED) is 0.708. The smallest absolute Gasteiger partial charge is 0.319 e. The third-order valence-electron chi connectivity index (χ3n) is 3.33. The molecule has 1 atom stereocenters. The van der Waals surface area contributed by atoms with Crippen molar-refractivity contribution < 1.29 is 19.4 Å². The third kappa shape index (κ3) is 4.34. The minimum absolute atomic E-state index is 0.193. The van der Waals surface area contributed by atoms with Gasteiger partial charge < -0.3 is 9.84 Å². The lowest BCUT2D eigenvalue weighted by atomic mass is 10.1. The predicted octanol–water partition coefficient (Wildman–Crippen LogP) is 1.12. The monoisotopic (exact) mass is 243 g/mol. The van der Waals surface area contributed by atoms with Gasteiger partial charge in [-0.1, -0.05) is 19.8 Å². The van der Waals surface area contributed by atoms with Crippen LogP contribution in [0.2, 0.25) is 0 Å². The van der Waals surface area contributed by atoms with Crippen LogP contribution in [0.5, 0.6) is 0 Å². The zero-order valence-corrected chi connectivity index (χ0v) is 10.5. The van der Waals surface area contributed by atoms with Crippen molar-refractivity contribution in [1.82, 2.24) is 4.90 Å². The summed E-state index contributed by atoms with van der Waals surface area (Å²) in [5.41, 5.74) is 0. The van der Waals surface area contributed by atoms with Gasteiger partial charge in [0.05, 0.1) is 19.6 Å². The number of aliphatic carboxylic acids is 1. The number of carboxylic acid groups (broad SMARTS) is 1. The minimum atomic E-state index is -0.821. The van der Waals surface area contributed by atoms with Gasteiger partial charge in [0.1, 0.15) is 0 Å². The van der Waals surface area contributed by atoms with E-state index < -0.39 is 11.9 Å². The van der Waals surface area contributed by atoms with Gasteiger partial charge in [0.2, 0.25) is 0 Å². The molecule has 0 radical (unpaired) electrons. The second-order valence-electron chi connectivity index (χ2n) is 4.68. The van der Waals surface area contributed by atoms with Gasteiger partial charge in [0, 0.05) is 12.6 Å². The van der Waals surface area contributed by atoms with Crippen LogP contribution in [0.25, 0.3) is 0 Å². The van der Waals surface area contributed by atoms with Crippen molar-refractivity contribution in [2.45, 2.75) is 38.6 Å². The number of hydrogen-bond donors (Lipinski definition) is 1. The van der Waals surface area contributed by atoms with Gasteiger partial charge in [0.15, 0.2) is 0 Å². The van der Waals surface area contributed by atoms with Crippen LogP contribution in [0.4, 0.5) is 0 Å². The van der Waals surface area contributed by atoms with E-state index in [0.29, 0.717) is 12.6 Å². The van der Waals surface area contributed by atoms with E-state index in [9.17, 15) is 9.59 Å². The van der Waals surface area contributed by atoms with Crippen molar-refractivity contribution in [1.29, 1.82) is 0 Å². The molecule has 0 bridgehead atoms. The van der Waals surface area contributed by atoms with Crippen LogP contribution in [-0.4, -0.2) is 48.2 Å². The van der Waals surface area contributed by atoms with Crippen LogP contribution in [-0.2, 0) is 14.3 Å². The number of hydrogen-bond acceptors (Lipinski definition) is 4. The number of esters is 1. The number of carboxylic acids is 1. The Labute approximate surface area is 102 Å². The van der Waals surface area contributed by atoms with Crippen molar-refractivity contribution in [2.24, 2.45) is 5.92 Å². The first-order valence-corrected chi connectivity index (χ1v) is 6.08. The average Bonchev–Trinajstić information content (AvgIpc) is 2.80. The molecule has 1 fully saturated rings. The number of rotatable bonds is 6. The highest BCUT2D eigenvalue weighted by molar-refractivity contribution is 5.72. The lowest BCUT2D eigenvalue weighted by Crippen LogP contribution is -2.42. The fourth-order valence-electron chi connectivity index (χ4n) is 2.27. The van der Waals surface area contributed by atoms with Gasteiger partial charge in [-0.2, -0.15) is 0 Å². The molecule has 0 aromatic heterocycles. The second kappa shape index (κ2) is 6.59. The SMILES string of the molecule is COC(=O)CN(CC(C)C(=O)O)C1CCCC1. The number of methoxy groups -OCH3 is 1. The molecule has 5 nitrogen and oxygen atoms in total. The molecular formula is C12H21NO4. The summed E-state index contributed by atoms with van der Waals surface area (Å²) in [7, 11) is 1.36. The van der Waals surface area contributed by atoms with Crippen LogP contribution in [0.1, 0.15) is 32.6 Å². The topological polar surface area (TPSA) is 66.8 Å². The molecule has 1 N–H and O–H groups in total. The highest BCUT2D eigenvalue weighted by Crippen LogP contribution is 2.24. The number of nitrogens with zero attached hydrogens (tertiary/aromatic N) is 1. The van der Waals surface area contributed by atoms with Crippen molar-refractivity contribution in [3.8, 4) is 0 Å². The first kappa shape index (κ1) is 14.0. The van der Waals surface area contributed by atoms with Crippen LogP contribution in [0, 0.1) is 5.92 Å². The molecule has 1 saturated carbocycles. The molecule has 1 rings (SSSR count). The van der Waals surface area contributed by atoms with E-state index in [1.165, 1.54) is 7.11 Å². The summed E-state index contributed by atoms with van der Waals surface area (Å²) in [6.45, 7) is 2.27. The van der Waals surface area contributed by atoms with Gasteiger partial charge in [-0.3, -0.25) is 14.5 Å². The maximum atomic E-state index is 11.3. The fourth-order valence-corrected chi connectivity index (χ4v) is 2.27. The van der Waals surface area contributed by atoms with Gasteiger partial charge in [0.25, 0.3) is 0 Å². The van der Waals surface area contributed by atoms with Crippen LogP contribution in [0.3, 0.4) is 0 Å². The van der Waals surface area contributed by atoms with Gasteiger partial charge >= 0.3 is 11.9 Å². The van der Waals surface area contributed by atoms with E-state index in [-0.39, 0.29) is 12.5 Å². The lowest BCUT2D eigenvalue weighted by Gasteiger charge is -2.28. The normalized spacial score (nSPS) is 18.3. The minimum Gasteiger partial charge on any atom is -0.481 e. The maximum absolute atomic E-state index is 11.3. The van der Waals surface area contributed by atoms with E-state index in [1.54, 1.807) is 6.92 Å². The predicted molar refractivity (Wildman–Crippen MR) is 62.6 cm³/mol. The van der Waals surface area contributed by atoms with Crippen LogP contribution in [0.15, 0.2) is 0 Å². The number of carbonyl (C=O) groups excluding carboxylic acids is 1. The van der Waals surface area contributed by atoms with Crippen molar-refractivity contribution in [2.75, 3.05) is 20.2 Å². The second-order valence-corrected chi connectivity index (χ2v) is 4.68. The zero-order valence-electron chi connectivity index (χ0n) is 10.5. The molecule has 0 amide bonds. The zero-order chi connectivity index (χ0) is 12.8. The molecule has 0 heterocycles. The first-order valence-electron chi connectivity index (χ1n) is 6.08. The van der Waals surface area contributed by atoms with Gasteiger partial charge in [-0.05, 0) is 12.8 Å². The molecule has 0 aliphatic heterocycles. The molecule has 0 saturated heterocycles. The fraction of sp³-hybridized carbons (Fsp3) is 0.833. The standard InChI is InChI=1S/C12H21NO4/c1-9(12(15)16)7-13(8-11(14)17-2)10-5-3-4-6-10/h9-10H,3-8H2,1-2H3,(H,15,16). The molecule has 17 heavy (non-hydrogen) atoms. The van der Waals surface area contributed by atoms with E-state index in [4.69, 9.17) is 5.11 Å². The molecule has 1 aliphatic rings. The van der Waals surface area contributed by atoms with Gasteiger partial charge in [-0.15, -0.1) is 0 Å². The third-order valence-corrected chi connectivity index (χ3v) is 3.33. The lowest BCUT2D eigenvalue weighted by molar-refractivity contribution is -0.146. The molecule has 0 aromatic rings. The molecule has 1 unspecified atom stereocenters. The first-order chi connectivity index (χ1) is 8.04. The maximum Gasteiger partial charge on any atom is 0.319 e. The van der Waals surface area contributed by atoms with Crippen molar-refractivity contribution >= 4 is 11.9 Å². The summed E-state index contributed by atoms with van der Waals surface area (Å²) in [4.78, 5) is 24.1. The largest absolute Gasteiger partial charge is 0.481 e. The molecule has 0 aromatic carbocycles. The summed E-state index contributed by atoms with van der Waals surface area (Å²) in [6, 6.07) is 0.330.